The third-order valence-electron chi connectivity index (χ3n) is 1.92. The van der Waals surface area contributed by atoms with Gasteiger partial charge >= 0.3 is 12.1 Å². The van der Waals surface area contributed by atoms with Crippen molar-refractivity contribution in [2.45, 2.75) is 39.0 Å². The lowest BCUT2D eigenvalue weighted by Gasteiger charge is -2.21. The summed E-state index contributed by atoms with van der Waals surface area (Å²) >= 11 is 0. The van der Waals surface area contributed by atoms with E-state index < -0.39 is 23.7 Å². The molecule has 0 unspecified atom stereocenters. The van der Waals surface area contributed by atoms with Crippen LogP contribution in [0.3, 0.4) is 0 Å². The van der Waals surface area contributed by atoms with Crippen LogP contribution in [0.4, 0.5) is 4.79 Å². The maximum Gasteiger partial charge on any atom is 0.408 e. The summed E-state index contributed by atoms with van der Waals surface area (Å²) in [7, 11) is 0. The Morgan fingerprint density at radius 3 is 2.61 bits per heavy atom. The van der Waals surface area contributed by atoms with Gasteiger partial charge in [0, 0.05) is 12.4 Å². The predicted octanol–water partition coefficient (Wildman–Crippen LogP) is 0.861. The van der Waals surface area contributed by atoms with E-state index in [2.05, 4.69) is 10.4 Å². The van der Waals surface area contributed by atoms with Crippen LogP contribution in [-0.2, 0) is 16.1 Å². The van der Waals surface area contributed by atoms with Crippen molar-refractivity contribution in [2.75, 3.05) is 0 Å². The third kappa shape index (κ3) is 4.86. The summed E-state index contributed by atoms with van der Waals surface area (Å²) in [5, 5.41) is 15.2. The number of hydrogen-bond donors (Lipinski definition) is 2. The molecule has 0 saturated carbocycles. The van der Waals surface area contributed by atoms with Crippen molar-refractivity contribution in [1.29, 1.82) is 0 Å². The highest BCUT2D eigenvalue weighted by Gasteiger charge is 2.24. The lowest BCUT2D eigenvalue weighted by Crippen LogP contribution is -2.45. The molecule has 100 valence electrons. The molecule has 7 nitrogen and oxygen atoms in total. The first-order valence-corrected chi connectivity index (χ1v) is 5.47. The number of nitrogens with one attached hydrogen (secondary N) is 1. The van der Waals surface area contributed by atoms with Gasteiger partial charge in [0.25, 0.3) is 0 Å². The number of carboxylic acids is 1. The van der Waals surface area contributed by atoms with E-state index in [9.17, 15) is 9.59 Å². The van der Waals surface area contributed by atoms with Crippen LogP contribution in [0.1, 0.15) is 20.8 Å². The van der Waals surface area contributed by atoms with E-state index in [1.54, 1.807) is 33.0 Å². The van der Waals surface area contributed by atoms with Crippen LogP contribution in [-0.4, -0.2) is 38.6 Å². The quantitative estimate of drug-likeness (QED) is 0.832. The number of carbonyl (C=O) groups is 2. The minimum absolute atomic E-state index is 0.0432. The normalized spacial score (nSPS) is 12.8. The molecule has 2 N–H and O–H groups in total. The number of alkyl carbamates (subject to hydrolysis) is 1. The zero-order valence-electron chi connectivity index (χ0n) is 10.6. The molecule has 1 aromatic rings. The van der Waals surface area contributed by atoms with Gasteiger partial charge in [-0.25, -0.2) is 9.59 Å². The standard InChI is InChI=1S/C11H17N3O4/c1-11(2,3)18-10(17)13-8(9(15)16)7-14-6-4-5-12-14/h4-6,8H,7H2,1-3H3,(H,13,17)(H,15,16)/t8-/m1/s1. The molecule has 0 aromatic carbocycles. The Kier molecular flexibility index (Phi) is 4.30. The van der Waals surface area contributed by atoms with Crippen molar-refractivity contribution in [2.24, 2.45) is 0 Å². The van der Waals surface area contributed by atoms with E-state index in [0.717, 1.165) is 0 Å². The van der Waals surface area contributed by atoms with Crippen molar-refractivity contribution >= 4 is 12.1 Å². The number of aliphatic carboxylic acids is 1. The maximum absolute atomic E-state index is 11.5. The van der Waals surface area contributed by atoms with Gasteiger partial charge < -0.3 is 15.2 Å². The SMILES string of the molecule is CC(C)(C)OC(=O)N[C@H](Cn1cccn1)C(=O)O. The summed E-state index contributed by atoms with van der Waals surface area (Å²) < 4.78 is 6.42. The molecule has 0 aliphatic carbocycles. The second kappa shape index (κ2) is 5.52. The summed E-state index contributed by atoms with van der Waals surface area (Å²) in [6, 6.07) is 0.589. The highest BCUT2D eigenvalue weighted by molar-refractivity contribution is 5.79. The average molecular weight is 255 g/mol. The van der Waals surface area contributed by atoms with Crippen LogP contribution in [0.5, 0.6) is 0 Å². The number of hydrogen-bond acceptors (Lipinski definition) is 4. The number of carbonyl (C=O) groups excluding carboxylic acids is 1. The number of ether oxygens (including phenoxy) is 1. The third-order valence-corrected chi connectivity index (χ3v) is 1.92. The van der Waals surface area contributed by atoms with Crippen molar-refractivity contribution in [1.82, 2.24) is 15.1 Å². The van der Waals surface area contributed by atoms with Crippen LogP contribution in [0.25, 0.3) is 0 Å². The zero-order chi connectivity index (χ0) is 13.8. The number of aromatic nitrogens is 2. The lowest BCUT2D eigenvalue weighted by molar-refractivity contribution is -0.139. The second-order valence-corrected chi connectivity index (χ2v) is 4.77. The molecule has 0 saturated heterocycles. The molecule has 0 spiro atoms. The first kappa shape index (κ1) is 14.0. The molecule has 0 aliphatic heterocycles. The smallest absolute Gasteiger partial charge is 0.408 e. The molecule has 1 rings (SSSR count). The Bertz CT molecular complexity index is 408. The Labute approximate surface area is 105 Å². The van der Waals surface area contributed by atoms with E-state index in [-0.39, 0.29) is 6.54 Å². The van der Waals surface area contributed by atoms with Gasteiger partial charge in [-0.3, -0.25) is 4.68 Å². The summed E-state index contributed by atoms with van der Waals surface area (Å²) in [5.74, 6) is -1.14. The summed E-state index contributed by atoms with van der Waals surface area (Å²) in [4.78, 5) is 22.5. The first-order chi connectivity index (χ1) is 8.28. The summed E-state index contributed by atoms with van der Waals surface area (Å²) in [6.07, 6.45) is 2.39. The molecule has 18 heavy (non-hydrogen) atoms. The lowest BCUT2D eigenvalue weighted by atomic mass is 10.2. The molecule has 0 fully saturated rings. The molecule has 7 heteroatoms. The molecule has 1 aromatic heterocycles. The van der Waals surface area contributed by atoms with Crippen LogP contribution >= 0.6 is 0 Å². The Balaban J connectivity index is 2.58. The zero-order valence-corrected chi connectivity index (χ0v) is 10.6. The van der Waals surface area contributed by atoms with Gasteiger partial charge in [-0.15, -0.1) is 0 Å². The molecule has 1 amide bonds. The molecular formula is C11H17N3O4. The molecular weight excluding hydrogens is 238 g/mol. The minimum atomic E-state index is -1.14. The molecule has 0 radical (unpaired) electrons. The van der Waals surface area contributed by atoms with E-state index in [1.165, 1.54) is 10.9 Å². The molecule has 0 bridgehead atoms. The molecule has 1 heterocycles. The van der Waals surface area contributed by atoms with E-state index in [4.69, 9.17) is 9.84 Å². The number of nitrogens with zero attached hydrogens (tertiary/aromatic N) is 2. The highest BCUT2D eigenvalue weighted by Crippen LogP contribution is 2.07. The van der Waals surface area contributed by atoms with Gasteiger partial charge in [0.2, 0.25) is 0 Å². The van der Waals surface area contributed by atoms with Gasteiger partial charge in [-0.2, -0.15) is 5.10 Å². The van der Waals surface area contributed by atoms with Crippen molar-refractivity contribution in [3.8, 4) is 0 Å². The van der Waals surface area contributed by atoms with Crippen LogP contribution in [0.15, 0.2) is 18.5 Å². The maximum atomic E-state index is 11.5. The average Bonchev–Trinajstić information content (AvgIpc) is 2.66. The largest absolute Gasteiger partial charge is 0.480 e. The van der Waals surface area contributed by atoms with E-state index in [0.29, 0.717) is 0 Å². The van der Waals surface area contributed by atoms with Gasteiger partial charge in [-0.1, -0.05) is 0 Å². The molecule has 0 aliphatic rings. The fraction of sp³-hybridized carbons (Fsp3) is 0.545. The number of rotatable bonds is 4. The van der Waals surface area contributed by atoms with Crippen LogP contribution < -0.4 is 5.32 Å². The predicted molar refractivity (Wildman–Crippen MR) is 63.0 cm³/mol. The van der Waals surface area contributed by atoms with Crippen molar-refractivity contribution in [3.63, 3.8) is 0 Å². The minimum Gasteiger partial charge on any atom is -0.480 e. The van der Waals surface area contributed by atoms with Crippen LogP contribution in [0.2, 0.25) is 0 Å². The highest BCUT2D eigenvalue weighted by atomic mass is 16.6. The number of amides is 1. The Morgan fingerprint density at radius 1 is 1.50 bits per heavy atom. The summed E-state index contributed by atoms with van der Waals surface area (Å²) in [5.41, 5.74) is -0.668. The fourth-order valence-corrected chi connectivity index (χ4v) is 1.23. The first-order valence-electron chi connectivity index (χ1n) is 5.47. The van der Waals surface area contributed by atoms with Gasteiger partial charge in [-0.05, 0) is 26.8 Å². The second-order valence-electron chi connectivity index (χ2n) is 4.77. The Hall–Kier alpha value is -2.05. The Morgan fingerprint density at radius 2 is 2.17 bits per heavy atom. The van der Waals surface area contributed by atoms with Crippen LogP contribution in [0, 0.1) is 0 Å². The van der Waals surface area contributed by atoms with Gasteiger partial charge in [0.1, 0.15) is 11.6 Å². The molecule has 1 atom stereocenters. The number of carboxylic acid groups (broad SMARTS) is 1. The fourth-order valence-electron chi connectivity index (χ4n) is 1.23. The summed E-state index contributed by atoms with van der Waals surface area (Å²) in [6.45, 7) is 5.16. The van der Waals surface area contributed by atoms with Gasteiger partial charge in [0.05, 0.1) is 6.54 Å². The monoisotopic (exact) mass is 255 g/mol. The topological polar surface area (TPSA) is 93.5 Å². The van der Waals surface area contributed by atoms with Crippen molar-refractivity contribution in [3.05, 3.63) is 18.5 Å². The van der Waals surface area contributed by atoms with Gasteiger partial charge in [0.15, 0.2) is 0 Å². The van der Waals surface area contributed by atoms with Crippen molar-refractivity contribution < 1.29 is 19.4 Å². The van der Waals surface area contributed by atoms with E-state index >= 15 is 0 Å². The van der Waals surface area contributed by atoms with E-state index in [1.807, 2.05) is 0 Å².